The second-order valence-electron chi connectivity index (χ2n) is 5.19. The number of thioether (sulfide) groups is 1. The van der Waals surface area contributed by atoms with E-state index < -0.39 is 0 Å². The van der Waals surface area contributed by atoms with Crippen LogP contribution in [0.4, 0.5) is 5.69 Å². The van der Waals surface area contributed by atoms with Crippen LogP contribution in [-0.2, 0) is 9.59 Å². The van der Waals surface area contributed by atoms with Crippen molar-refractivity contribution in [2.24, 2.45) is 5.92 Å². The number of benzene rings is 1. The van der Waals surface area contributed by atoms with E-state index in [1.54, 1.807) is 17.0 Å². The van der Waals surface area contributed by atoms with Gasteiger partial charge in [-0.15, -0.1) is 0 Å². The molecule has 1 aromatic carbocycles. The Balaban J connectivity index is 1.81. The average Bonchev–Trinajstić information content (AvgIpc) is 3.00. The van der Waals surface area contributed by atoms with Crippen molar-refractivity contribution in [3.8, 4) is 0 Å². The van der Waals surface area contributed by atoms with Crippen molar-refractivity contribution in [1.29, 1.82) is 0 Å². The number of nitrogens with one attached hydrogen (secondary N) is 2. The molecular weight excluding hydrogens is 290 g/mol. The van der Waals surface area contributed by atoms with Gasteiger partial charge in [-0.25, -0.2) is 0 Å². The standard InChI is InChI=1S/C14H15N3O3S/c1-8(18)21-7-9-4-13(19)17(6-9)10-2-3-12-11(5-10)14(20)16-15-12/h2-3,5,9H,4,6-7H2,1H3,(H2,15,16,20). The Labute approximate surface area is 124 Å². The smallest absolute Gasteiger partial charge is 0.271 e. The first-order valence-corrected chi connectivity index (χ1v) is 7.67. The van der Waals surface area contributed by atoms with Gasteiger partial charge in [0, 0.05) is 31.3 Å². The highest BCUT2D eigenvalue weighted by molar-refractivity contribution is 8.13. The van der Waals surface area contributed by atoms with Crippen LogP contribution in [-0.4, -0.2) is 33.5 Å². The second kappa shape index (κ2) is 5.40. The molecule has 0 spiro atoms. The van der Waals surface area contributed by atoms with Gasteiger partial charge in [-0.2, -0.15) is 0 Å². The fourth-order valence-electron chi connectivity index (χ4n) is 2.57. The van der Waals surface area contributed by atoms with Crippen molar-refractivity contribution in [3.63, 3.8) is 0 Å². The van der Waals surface area contributed by atoms with Gasteiger partial charge < -0.3 is 4.90 Å². The maximum atomic E-state index is 12.1. The molecule has 0 radical (unpaired) electrons. The van der Waals surface area contributed by atoms with Crippen LogP contribution >= 0.6 is 11.8 Å². The van der Waals surface area contributed by atoms with Gasteiger partial charge in [-0.3, -0.25) is 24.6 Å². The van der Waals surface area contributed by atoms with Crippen molar-refractivity contribution in [1.82, 2.24) is 10.2 Å². The Morgan fingerprint density at radius 1 is 1.38 bits per heavy atom. The maximum Gasteiger partial charge on any atom is 0.271 e. The lowest BCUT2D eigenvalue weighted by Gasteiger charge is -2.16. The molecule has 0 aliphatic carbocycles. The normalized spacial score (nSPS) is 18.6. The van der Waals surface area contributed by atoms with E-state index in [9.17, 15) is 14.4 Å². The molecule has 7 heteroatoms. The van der Waals surface area contributed by atoms with E-state index in [1.165, 1.54) is 18.7 Å². The molecule has 0 saturated carbocycles. The van der Waals surface area contributed by atoms with E-state index in [4.69, 9.17) is 0 Å². The molecule has 1 amide bonds. The summed E-state index contributed by atoms with van der Waals surface area (Å²) >= 11 is 1.26. The monoisotopic (exact) mass is 305 g/mol. The minimum absolute atomic E-state index is 0.0375. The molecule has 1 aromatic heterocycles. The summed E-state index contributed by atoms with van der Waals surface area (Å²) in [4.78, 5) is 36.5. The van der Waals surface area contributed by atoms with E-state index in [0.29, 0.717) is 24.1 Å². The highest BCUT2D eigenvalue weighted by Gasteiger charge is 2.30. The largest absolute Gasteiger partial charge is 0.312 e. The molecule has 2 aromatic rings. The summed E-state index contributed by atoms with van der Waals surface area (Å²) in [6.45, 7) is 2.12. The number of aromatic amines is 2. The molecule has 2 heterocycles. The van der Waals surface area contributed by atoms with Gasteiger partial charge in [0.25, 0.3) is 5.56 Å². The van der Waals surface area contributed by atoms with Crippen LogP contribution in [0, 0.1) is 5.92 Å². The third-order valence-corrected chi connectivity index (χ3v) is 4.64. The quantitative estimate of drug-likeness (QED) is 0.899. The Morgan fingerprint density at radius 2 is 2.19 bits per heavy atom. The summed E-state index contributed by atoms with van der Waals surface area (Å²) < 4.78 is 0. The molecule has 6 nitrogen and oxygen atoms in total. The zero-order valence-corrected chi connectivity index (χ0v) is 12.3. The van der Waals surface area contributed by atoms with Gasteiger partial charge >= 0.3 is 0 Å². The number of fused-ring (bicyclic) bond motifs is 1. The number of hydrogen-bond donors (Lipinski definition) is 2. The van der Waals surface area contributed by atoms with Gasteiger partial charge in [0.05, 0.1) is 10.9 Å². The van der Waals surface area contributed by atoms with Gasteiger partial charge in [0.2, 0.25) is 5.91 Å². The molecule has 0 bridgehead atoms. The lowest BCUT2D eigenvalue weighted by Crippen LogP contribution is -2.24. The maximum absolute atomic E-state index is 12.1. The molecule has 2 N–H and O–H groups in total. The summed E-state index contributed by atoms with van der Waals surface area (Å²) in [6, 6.07) is 5.33. The van der Waals surface area contributed by atoms with Crippen LogP contribution in [0.15, 0.2) is 23.0 Å². The third kappa shape index (κ3) is 2.73. The molecule has 1 unspecified atom stereocenters. The van der Waals surface area contributed by atoms with Crippen molar-refractivity contribution in [2.75, 3.05) is 17.2 Å². The lowest BCUT2D eigenvalue weighted by atomic mass is 10.1. The first-order valence-electron chi connectivity index (χ1n) is 6.68. The van der Waals surface area contributed by atoms with E-state index in [1.807, 2.05) is 6.07 Å². The van der Waals surface area contributed by atoms with Crippen molar-refractivity contribution < 1.29 is 9.59 Å². The molecule has 1 atom stereocenters. The van der Waals surface area contributed by atoms with Crippen LogP contribution in [0.3, 0.4) is 0 Å². The Kier molecular flexibility index (Phi) is 3.59. The summed E-state index contributed by atoms with van der Waals surface area (Å²) in [5.74, 6) is 0.868. The van der Waals surface area contributed by atoms with Gasteiger partial charge in [-0.05, 0) is 24.1 Å². The molecule has 1 saturated heterocycles. The number of H-pyrrole nitrogens is 2. The summed E-state index contributed by atoms with van der Waals surface area (Å²) in [7, 11) is 0. The summed E-state index contributed by atoms with van der Waals surface area (Å²) in [5, 5.41) is 5.91. The predicted octanol–water partition coefficient (Wildman–Crippen LogP) is 1.49. The average molecular weight is 305 g/mol. The van der Waals surface area contributed by atoms with Gasteiger partial charge in [0.1, 0.15) is 0 Å². The number of aromatic nitrogens is 2. The Bertz CT molecular complexity index is 764. The van der Waals surface area contributed by atoms with Gasteiger partial charge in [0.15, 0.2) is 5.12 Å². The number of nitrogens with zero attached hydrogens (tertiary/aromatic N) is 1. The number of anilines is 1. The first kappa shape index (κ1) is 13.9. The molecule has 1 aliphatic heterocycles. The predicted molar refractivity (Wildman–Crippen MR) is 82.5 cm³/mol. The van der Waals surface area contributed by atoms with Crippen LogP contribution in [0.2, 0.25) is 0 Å². The minimum atomic E-state index is -0.192. The number of hydrogen-bond acceptors (Lipinski definition) is 4. The fourth-order valence-corrected chi connectivity index (χ4v) is 3.26. The number of carbonyl (C=O) groups excluding carboxylic acids is 2. The molecule has 3 rings (SSSR count). The Hall–Kier alpha value is -2.02. The van der Waals surface area contributed by atoms with Crippen LogP contribution < -0.4 is 10.5 Å². The molecule has 1 aliphatic rings. The zero-order valence-electron chi connectivity index (χ0n) is 11.5. The van der Waals surface area contributed by atoms with Crippen LogP contribution in [0.5, 0.6) is 0 Å². The zero-order chi connectivity index (χ0) is 15.0. The molecule has 110 valence electrons. The topological polar surface area (TPSA) is 86.0 Å². The fraction of sp³-hybridized carbons (Fsp3) is 0.357. The first-order chi connectivity index (χ1) is 10.0. The van der Waals surface area contributed by atoms with E-state index in [-0.39, 0.29) is 22.5 Å². The third-order valence-electron chi connectivity index (χ3n) is 3.60. The summed E-state index contributed by atoms with van der Waals surface area (Å²) in [6.07, 6.45) is 0.446. The van der Waals surface area contributed by atoms with Crippen molar-refractivity contribution in [2.45, 2.75) is 13.3 Å². The number of rotatable bonds is 3. The molecular formula is C14H15N3O3S. The number of amides is 1. The van der Waals surface area contributed by atoms with Crippen molar-refractivity contribution >= 4 is 39.4 Å². The van der Waals surface area contributed by atoms with E-state index in [2.05, 4.69) is 10.2 Å². The SMILES string of the molecule is CC(=O)SCC1CC(=O)N(c2ccc3[nH][nH]c(=O)c3c2)C1. The summed E-state index contributed by atoms with van der Waals surface area (Å²) in [5.41, 5.74) is 1.26. The molecule has 21 heavy (non-hydrogen) atoms. The lowest BCUT2D eigenvalue weighted by molar-refractivity contribution is -0.117. The minimum Gasteiger partial charge on any atom is -0.312 e. The van der Waals surface area contributed by atoms with Gasteiger partial charge in [-0.1, -0.05) is 11.8 Å². The van der Waals surface area contributed by atoms with E-state index >= 15 is 0 Å². The molecule has 1 fully saturated rings. The highest BCUT2D eigenvalue weighted by atomic mass is 32.2. The van der Waals surface area contributed by atoms with Crippen LogP contribution in [0.1, 0.15) is 13.3 Å². The second-order valence-corrected chi connectivity index (χ2v) is 6.38. The van der Waals surface area contributed by atoms with Crippen molar-refractivity contribution in [3.05, 3.63) is 28.6 Å². The van der Waals surface area contributed by atoms with Crippen LogP contribution in [0.25, 0.3) is 10.9 Å². The van der Waals surface area contributed by atoms with E-state index in [0.717, 1.165) is 11.2 Å². The highest BCUT2D eigenvalue weighted by Crippen LogP contribution is 2.28. The number of carbonyl (C=O) groups is 2. The Morgan fingerprint density at radius 3 is 2.95 bits per heavy atom.